The van der Waals surface area contributed by atoms with Gasteiger partial charge >= 0.3 is 0 Å². The molecule has 3 nitrogen and oxygen atoms in total. The summed E-state index contributed by atoms with van der Waals surface area (Å²) in [6, 6.07) is 8.47. The van der Waals surface area contributed by atoms with Crippen LogP contribution in [-0.2, 0) is 11.2 Å². The number of fused-ring (bicyclic) bond motifs is 1. The summed E-state index contributed by atoms with van der Waals surface area (Å²) < 4.78 is 1.32. The summed E-state index contributed by atoms with van der Waals surface area (Å²) in [5, 5.41) is 13.3. The molecular weight excluding hydrogens is 306 g/mol. The maximum absolute atomic E-state index is 12.4. The molecular formula is C19H25NO2S. The zero-order valence-electron chi connectivity index (χ0n) is 13.7. The molecule has 4 heteroatoms. The van der Waals surface area contributed by atoms with Gasteiger partial charge in [0.15, 0.2) is 0 Å². The monoisotopic (exact) mass is 331 g/mol. The topological polar surface area (TPSA) is 40.5 Å². The molecule has 1 fully saturated rings. The SMILES string of the molecule is CC(O)C1CCCN(C(=O)CCCc2csc3ccccc23)C1. The van der Waals surface area contributed by atoms with Gasteiger partial charge in [0.1, 0.15) is 0 Å². The van der Waals surface area contributed by atoms with Crippen molar-refractivity contribution in [2.75, 3.05) is 13.1 Å². The van der Waals surface area contributed by atoms with Crippen LogP contribution in [0.1, 0.15) is 38.2 Å². The van der Waals surface area contributed by atoms with Crippen molar-refractivity contribution in [1.82, 2.24) is 4.90 Å². The summed E-state index contributed by atoms with van der Waals surface area (Å²) in [7, 11) is 0. The van der Waals surface area contributed by atoms with Crippen LogP contribution in [0.15, 0.2) is 29.6 Å². The molecule has 0 spiro atoms. The number of aryl methyl sites for hydroxylation is 1. The predicted octanol–water partition coefficient (Wildman–Crippen LogP) is 3.84. The second-order valence-corrected chi connectivity index (χ2v) is 7.50. The van der Waals surface area contributed by atoms with Crippen LogP contribution in [0.3, 0.4) is 0 Å². The Morgan fingerprint density at radius 2 is 2.26 bits per heavy atom. The highest BCUT2D eigenvalue weighted by Crippen LogP contribution is 2.27. The zero-order chi connectivity index (χ0) is 16.2. The number of likely N-dealkylation sites (tertiary alicyclic amines) is 1. The van der Waals surface area contributed by atoms with Crippen LogP contribution in [0.4, 0.5) is 0 Å². The van der Waals surface area contributed by atoms with E-state index in [2.05, 4.69) is 29.6 Å². The number of benzene rings is 1. The first kappa shape index (κ1) is 16.5. The largest absolute Gasteiger partial charge is 0.393 e. The van der Waals surface area contributed by atoms with Crippen LogP contribution in [0, 0.1) is 5.92 Å². The van der Waals surface area contributed by atoms with Gasteiger partial charge in [0.05, 0.1) is 6.10 Å². The van der Waals surface area contributed by atoms with E-state index in [1.807, 2.05) is 11.8 Å². The van der Waals surface area contributed by atoms with Gasteiger partial charge in [-0.2, -0.15) is 0 Å². The van der Waals surface area contributed by atoms with Crippen molar-refractivity contribution < 1.29 is 9.90 Å². The van der Waals surface area contributed by atoms with Crippen LogP contribution in [-0.4, -0.2) is 35.1 Å². The van der Waals surface area contributed by atoms with E-state index in [0.29, 0.717) is 6.42 Å². The summed E-state index contributed by atoms with van der Waals surface area (Å²) in [6.45, 7) is 3.40. The first-order valence-corrected chi connectivity index (χ1v) is 9.44. The van der Waals surface area contributed by atoms with E-state index in [4.69, 9.17) is 0 Å². The Hall–Kier alpha value is -1.39. The van der Waals surface area contributed by atoms with Gasteiger partial charge in [-0.15, -0.1) is 11.3 Å². The van der Waals surface area contributed by atoms with Gasteiger partial charge in [-0.3, -0.25) is 4.79 Å². The molecule has 0 radical (unpaired) electrons. The number of amides is 1. The van der Waals surface area contributed by atoms with Crippen LogP contribution in [0.2, 0.25) is 0 Å². The van der Waals surface area contributed by atoms with Crippen molar-refractivity contribution in [1.29, 1.82) is 0 Å². The molecule has 1 aromatic carbocycles. The molecule has 1 aromatic heterocycles. The average molecular weight is 331 g/mol. The summed E-state index contributed by atoms with van der Waals surface area (Å²) >= 11 is 1.78. The molecule has 3 rings (SSSR count). The Bertz CT molecular complexity index is 664. The number of aliphatic hydroxyl groups excluding tert-OH is 1. The molecule has 124 valence electrons. The lowest BCUT2D eigenvalue weighted by molar-refractivity contribution is -0.133. The second kappa shape index (κ2) is 7.45. The van der Waals surface area contributed by atoms with Crippen molar-refractivity contribution in [3.05, 3.63) is 35.2 Å². The fraction of sp³-hybridized carbons (Fsp3) is 0.526. The molecule has 1 aliphatic heterocycles. The fourth-order valence-electron chi connectivity index (χ4n) is 3.44. The van der Waals surface area contributed by atoms with Gasteiger partial charge < -0.3 is 10.0 Å². The molecule has 2 unspecified atom stereocenters. The Balaban J connectivity index is 1.51. The van der Waals surface area contributed by atoms with Crippen molar-refractivity contribution in [2.24, 2.45) is 5.92 Å². The summed E-state index contributed by atoms with van der Waals surface area (Å²) in [4.78, 5) is 14.4. The Morgan fingerprint density at radius 3 is 3.09 bits per heavy atom. The molecule has 23 heavy (non-hydrogen) atoms. The van der Waals surface area contributed by atoms with Gasteiger partial charge in [0.25, 0.3) is 0 Å². The third-order valence-electron chi connectivity index (χ3n) is 4.89. The average Bonchev–Trinajstić information content (AvgIpc) is 2.98. The number of carbonyl (C=O) groups excluding carboxylic acids is 1. The highest BCUT2D eigenvalue weighted by Gasteiger charge is 2.26. The van der Waals surface area contributed by atoms with E-state index < -0.39 is 0 Å². The van der Waals surface area contributed by atoms with E-state index in [9.17, 15) is 9.90 Å². The lowest BCUT2D eigenvalue weighted by Crippen LogP contribution is -2.42. The first-order chi connectivity index (χ1) is 11.1. The number of hydrogen-bond donors (Lipinski definition) is 1. The number of hydrogen-bond acceptors (Lipinski definition) is 3. The molecule has 1 amide bonds. The fourth-order valence-corrected chi connectivity index (χ4v) is 4.44. The lowest BCUT2D eigenvalue weighted by Gasteiger charge is -2.34. The quantitative estimate of drug-likeness (QED) is 0.904. The number of carbonyl (C=O) groups is 1. The zero-order valence-corrected chi connectivity index (χ0v) is 14.5. The number of aliphatic hydroxyl groups is 1. The molecule has 2 atom stereocenters. The van der Waals surface area contributed by atoms with E-state index in [1.54, 1.807) is 11.3 Å². The maximum Gasteiger partial charge on any atom is 0.222 e. The minimum Gasteiger partial charge on any atom is -0.393 e. The molecule has 2 aromatic rings. The number of nitrogens with zero attached hydrogens (tertiary/aromatic N) is 1. The van der Waals surface area contributed by atoms with Crippen LogP contribution in [0.25, 0.3) is 10.1 Å². The number of piperidine rings is 1. The molecule has 1 saturated heterocycles. The third kappa shape index (κ3) is 3.93. The molecule has 2 heterocycles. The highest BCUT2D eigenvalue weighted by molar-refractivity contribution is 7.17. The Labute approximate surface area is 141 Å². The van der Waals surface area contributed by atoms with Gasteiger partial charge in [0, 0.05) is 30.1 Å². The molecule has 0 bridgehead atoms. The smallest absolute Gasteiger partial charge is 0.222 e. The lowest BCUT2D eigenvalue weighted by atomic mass is 9.93. The van der Waals surface area contributed by atoms with E-state index in [0.717, 1.165) is 38.8 Å². The van der Waals surface area contributed by atoms with Crippen molar-refractivity contribution in [3.8, 4) is 0 Å². The van der Waals surface area contributed by atoms with Gasteiger partial charge in [-0.05, 0) is 55.0 Å². The van der Waals surface area contributed by atoms with E-state index in [-0.39, 0.29) is 17.9 Å². The minimum absolute atomic E-state index is 0.244. The Kier molecular flexibility index (Phi) is 5.34. The molecule has 1 aliphatic rings. The molecule has 1 N–H and O–H groups in total. The normalized spacial score (nSPS) is 19.9. The van der Waals surface area contributed by atoms with E-state index >= 15 is 0 Å². The summed E-state index contributed by atoms with van der Waals surface area (Å²) in [5.74, 6) is 0.489. The molecule has 0 aliphatic carbocycles. The van der Waals surface area contributed by atoms with Gasteiger partial charge in [0.2, 0.25) is 5.91 Å². The first-order valence-electron chi connectivity index (χ1n) is 8.56. The standard InChI is InChI=1S/C19H25NO2S/c1-14(21)15-7-5-11-20(12-15)19(22)10-4-6-16-13-23-18-9-3-2-8-17(16)18/h2-3,8-9,13-15,21H,4-7,10-12H2,1H3. The Morgan fingerprint density at radius 1 is 1.43 bits per heavy atom. The molecule has 0 saturated carbocycles. The van der Waals surface area contributed by atoms with Crippen molar-refractivity contribution in [2.45, 2.75) is 45.1 Å². The third-order valence-corrected chi connectivity index (χ3v) is 5.90. The second-order valence-electron chi connectivity index (χ2n) is 6.59. The van der Waals surface area contributed by atoms with Gasteiger partial charge in [-0.1, -0.05) is 18.2 Å². The van der Waals surface area contributed by atoms with Crippen LogP contribution in [0.5, 0.6) is 0 Å². The van der Waals surface area contributed by atoms with Crippen molar-refractivity contribution >= 4 is 27.3 Å². The van der Waals surface area contributed by atoms with Crippen LogP contribution < -0.4 is 0 Å². The number of thiophene rings is 1. The maximum atomic E-state index is 12.4. The van der Waals surface area contributed by atoms with Crippen molar-refractivity contribution in [3.63, 3.8) is 0 Å². The summed E-state index contributed by atoms with van der Waals surface area (Å²) in [6.07, 6.45) is 4.19. The van der Waals surface area contributed by atoms with Gasteiger partial charge in [-0.25, -0.2) is 0 Å². The van der Waals surface area contributed by atoms with E-state index in [1.165, 1.54) is 15.6 Å². The minimum atomic E-state index is -0.317. The highest BCUT2D eigenvalue weighted by atomic mass is 32.1. The predicted molar refractivity (Wildman–Crippen MR) is 95.7 cm³/mol. The number of rotatable bonds is 5. The summed E-state index contributed by atoms with van der Waals surface area (Å²) in [5.41, 5.74) is 1.36. The van der Waals surface area contributed by atoms with Crippen LogP contribution >= 0.6 is 11.3 Å².